The van der Waals surface area contributed by atoms with Gasteiger partial charge >= 0.3 is 0 Å². The van der Waals surface area contributed by atoms with Gasteiger partial charge in [-0.25, -0.2) is 14.6 Å². The number of carbonyl (C=O) groups is 1. The molecule has 5 heterocycles. The molecule has 0 aliphatic rings. The quantitative estimate of drug-likeness (QED) is 0.340. The third kappa shape index (κ3) is 4.35. The molecule has 6 aromatic rings. The second kappa shape index (κ2) is 9.47. The summed E-state index contributed by atoms with van der Waals surface area (Å²) in [6.07, 6.45) is 6.90. The van der Waals surface area contributed by atoms with Gasteiger partial charge < -0.3 is 0 Å². The first kappa shape index (κ1) is 21.8. The van der Waals surface area contributed by atoms with Crippen LogP contribution in [-0.2, 0) is 6.54 Å². The van der Waals surface area contributed by atoms with E-state index in [4.69, 9.17) is 4.98 Å². The summed E-state index contributed by atoms with van der Waals surface area (Å²) in [6, 6.07) is 21.1. The lowest BCUT2D eigenvalue weighted by Crippen LogP contribution is -2.13. The van der Waals surface area contributed by atoms with Crippen LogP contribution >= 0.6 is 11.3 Å². The van der Waals surface area contributed by atoms with Crippen molar-refractivity contribution in [1.82, 2.24) is 29.7 Å². The van der Waals surface area contributed by atoms with Crippen LogP contribution in [0.4, 0.5) is 5.13 Å². The minimum Gasteiger partial charge on any atom is -0.298 e. The second-order valence-electron chi connectivity index (χ2n) is 8.02. The molecule has 0 saturated carbocycles. The molecule has 0 spiro atoms. The zero-order chi connectivity index (χ0) is 24.3. The monoisotopic (exact) mass is 489 g/mol. The normalized spacial score (nSPS) is 11.0. The van der Waals surface area contributed by atoms with Gasteiger partial charge in [0.15, 0.2) is 10.8 Å². The number of rotatable bonds is 6. The first-order valence-corrected chi connectivity index (χ1v) is 12.1. The molecule has 8 nitrogen and oxygen atoms in total. The summed E-state index contributed by atoms with van der Waals surface area (Å²) in [5.74, 6) is -0.273. The van der Waals surface area contributed by atoms with Gasteiger partial charge in [-0.3, -0.25) is 20.1 Å². The molecule has 0 fully saturated rings. The zero-order valence-corrected chi connectivity index (χ0v) is 19.8. The van der Waals surface area contributed by atoms with E-state index in [1.54, 1.807) is 35.5 Å². The number of hydrogen-bond donors (Lipinski definition) is 1. The van der Waals surface area contributed by atoms with Crippen molar-refractivity contribution < 1.29 is 4.79 Å². The van der Waals surface area contributed by atoms with Crippen LogP contribution < -0.4 is 5.32 Å². The molecule has 1 amide bonds. The minimum atomic E-state index is -0.273. The average molecular weight is 490 g/mol. The molecule has 174 valence electrons. The van der Waals surface area contributed by atoms with Crippen molar-refractivity contribution in [2.45, 2.75) is 6.54 Å². The molecule has 0 bridgehead atoms. The van der Waals surface area contributed by atoms with Crippen molar-refractivity contribution in [2.75, 3.05) is 5.32 Å². The maximum absolute atomic E-state index is 13.5. The van der Waals surface area contributed by atoms with Crippen LogP contribution in [0.2, 0.25) is 0 Å². The molecular formula is C27H19N7OS. The Morgan fingerprint density at radius 1 is 0.889 bits per heavy atom. The summed E-state index contributed by atoms with van der Waals surface area (Å²) < 4.78 is 1.80. The molecule has 0 aliphatic carbocycles. The Bertz CT molecular complexity index is 1650. The predicted octanol–water partition coefficient (Wildman–Crippen LogP) is 5.31. The van der Waals surface area contributed by atoms with Gasteiger partial charge in [-0.1, -0.05) is 36.4 Å². The Morgan fingerprint density at radius 3 is 2.53 bits per heavy atom. The lowest BCUT2D eigenvalue weighted by atomic mass is 10.1. The van der Waals surface area contributed by atoms with Crippen molar-refractivity contribution in [3.63, 3.8) is 0 Å². The standard InChI is InChI=1S/C27H19N7OS/c35-26(33-27-32-24(17-36-27)22-8-4-5-11-29-22)20-14-23(19-6-2-1-3-7-19)31-25-21(20)15-30-34(25)16-18-9-12-28-13-10-18/h1-15,17H,16H2,(H,32,33,35). The fourth-order valence-electron chi connectivity index (χ4n) is 3.90. The second-order valence-corrected chi connectivity index (χ2v) is 8.88. The lowest BCUT2D eigenvalue weighted by molar-refractivity contribution is 0.102. The number of hydrogen-bond acceptors (Lipinski definition) is 7. The van der Waals surface area contributed by atoms with E-state index in [9.17, 15) is 4.79 Å². The predicted molar refractivity (Wildman–Crippen MR) is 140 cm³/mol. The van der Waals surface area contributed by atoms with E-state index < -0.39 is 0 Å². The Morgan fingerprint density at radius 2 is 1.72 bits per heavy atom. The van der Waals surface area contributed by atoms with Gasteiger partial charge in [0.05, 0.1) is 35.1 Å². The van der Waals surface area contributed by atoms with Gasteiger partial charge in [-0.05, 0) is 35.9 Å². The molecule has 5 aromatic heterocycles. The summed E-state index contributed by atoms with van der Waals surface area (Å²) in [4.78, 5) is 31.3. The molecule has 0 unspecified atom stereocenters. The molecule has 1 aromatic carbocycles. The van der Waals surface area contributed by atoms with Crippen molar-refractivity contribution >= 4 is 33.4 Å². The van der Waals surface area contributed by atoms with Gasteiger partial charge in [0, 0.05) is 29.5 Å². The molecule has 36 heavy (non-hydrogen) atoms. The Labute approximate surface area is 210 Å². The van der Waals surface area contributed by atoms with Crippen molar-refractivity contribution in [3.05, 3.63) is 108 Å². The number of pyridine rings is 3. The smallest absolute Gasteiger partial charge is 0.258 e. The third-order valence-corrected chi connectivity index (χ3v) is 6.41. The van der Waals surface area contributed by atoms with Crippen LogP contribution in [0.15, 0.2) is 96.9 Å². The van der Waals surface area contributed by atoms with Gasteiger partial charge in [-0.15, -0.1) is 11.3 Å². The number of amides is 1. The number of anilines is 1. The number of aromatic nitrogens is 6. The molecule has 9 heteroatoms. The lowest BCUT2D eigenvalue weighted by Gasteiger charge is -2.09. The van der Waals surface area contributed by atoms with Gasteiger partial charge in [0.25, 0.3) is 5.91 Å². The van der Waals surface area contributed by atoms with Crippen LogP contribution in [0, 0.1) is 0 Å². The Kier molecular flexibility index (Phi) is 5.72. The summed E-state index contributed by atoms with van der Waals surface area (Å²) >= 11 is 1.35. The number of thiazole rings is 1. The van der Waals surface area contributed by atoms with Crippen molar-refractivity contribution in [2.24, 2.45) is 0 Å². The SMILES string of the molecule is O=C(Nc1nc(-c2ccccn2)cs1)c1cc(-c2ccccc2)nc2c1cnn2Cc1ccncc1. The van der Waals surface area contributed by atoms with Crippen LogP contribution in [0.3, 0.4) is 0 Å². The fraction of sp³-hybridized carbons (Fsp3) is 0.0370. The molecule has 0 radical (unpaired) electrons. The van der Waals surface area contributed by atoms with Crippen molar-refractivity contribution in [3.8, 4) is 22.6 Å². The van der Waals surface area contributed by atoms with E-state index in [-0.39, 0.29) is 5.91 Å². The molecule has 1 N–H and O–H groups in total. The average Bonchev–Trinajstić information content (AvgIpc) is 3.57. The number of carbonyl (C=O) groups excluding carboxylic acids is 1. The van der Waals surface area contributed by atoms with Gasteiger partial charge in [0.1, 0.15) is 5.69 Å². The summed E-state index contributed by atoms with van der Waals surface area (Å²) in [5.41, 5.74) is 5.23. The Hall–Kier alpha value is -4.76. The summed E-state index contributed by atoms with van der Waals surface area (Å²) in [5, 5.41) is 10.5. The first-order chi connectivity index (χ1) is 17.7. The van der Waals surface area contributed by atoms with E-state index in [1.165, 1.54) is 11.3 Å². The van der Waals surface area contributed by atoms with E-state index >= 15 is 0 Å². The first-order valence-electron chi connectivity index (χ1n) is 11.2. The molecular weight excluding hydrogens is 470 g/mol. The third-order valence-electron chi connectivity index (χ3n) is 5.66. The van der Waals surface area contributed by atoms with Crippen LogP contribution in [-0.4, -0.2) is 35.6 Å². The number of nitrogens with one attached hydrogen (secondary N) is 1. The highest BCUT2D eigenvalue weighted by atomic mass is 32.1. The summed E-state index contributed by atoms with van der Waals surface area (Å²) in [6.45, 7) is 0.512. The van der Waals surface area contributed by atoms with Crippen LogP contribution in [0.5, 0.6) is 0 Å². The number of nitrogens with zero attached hydrogens (tertiary/aromatic N) is 6. The number of benzene rings is 1. The highest BCUT2D eigenvalue weighted by molar-refractivity contribution is 7.14. The van der Waals surface area contributed by atoms with Crippen LogP contribution in [0.1, 0.15) is 15.9 Å². The highest BCUT2D eigenvalue weighted by Gasteiger charge is 2.19. The topological polar surface area (TPSA) is 98.5 Å². The maximum atomic E-state index is 13.5. The Balaban J connectivity index is 1.39. The number of fused-ring (bicyclic) bond motifs is 1. The van der Waals surface area contributed by atoms with Crippen molar-refractivity contribution in [1.29, 1.82) is 0 Å². The molecule has 6 rings (SSSR count). The van der Waals surface area contributed by atoms with E-state index in [2.05, 4.69) is 25.4 Å². The molecule has 0 atom stereocenters. The summed E-state index contributed by atoms with van der Waals surface area (Å²) in [7, 11) is 0. The van der Waals surface area contributed by atoms with Gasteiger partial charge in [0.2, 0.25) is 0 Å². The van der Waals surface area contributed by atoms with Crippen LogP contribution in [0.25, 0.3) is 33.7 Å². The molecule has 0 saturated heterocycles. The zero-order valence-electron chi connectivity index (χ0n) is 18.9. The molecule has 0 aliphatic heterocycles. The van der Waals surface area contributed by atoms with E-state index in [0.717, 1.165) is 16.8 Å². The largest absolute Gasteiger partial charge is 0.298 e. The van der Waals surface area contributed by atoms with E-state index in [0.29, 0.717) is 39.7 Å². The minimum absolute atomic E-state index is 0.273. The van der Waals surface area contributed by atoms with Gasteiger partial charge in [-0.2, -0.15) is 5.10 Å². The van der Waals surface area contributed by atoms with E-state index in [1.807, 2.05) is 66.0 Å². The maximum Gasteiger partial charge on any atom is 0.258 e. The highest BCUT2D eigenvalue weighted by Crippen LogP contribution is 2.28. The fourth-order valence-corrected chi connectivity index (χ4v) is 4.60.